The first kappa shape index (κ1) is 20.3. The minimum Gasteiger partial charge on any atom is -0.273 e. The van der Waals surface area contributed by atoms with E-state index in [2.05, 4.69) is 12.3 Å². The largest absolute Gasteiger partial charge is 0.280 e. The van der Waals surface area contributed by atoms with Crippen LogP contribution in [0.3, 0.4) is 0 Å². The van der Waals surface area contributed by atoms with E-state index in [9.17, 15) is 9.59 Å². The van der Waals surface area contributed by atoms with Crippen molar-refractivity contribution < 1.29 is 4.79 Å². The summed E-state index contributed by atoms with van der Waals surface area (Å²) in [5.41, 5.74) is 5.17. The molecule has 1 aliphatic carbocycles. The van der Waals surface area contributed by atoms with Crippen molar-refractivity contribution in [1.82, 2.24) is 9.66 Å². The Kier molecular flexibility index (Phi) is 5.98. The fourth-order valence-electron chi connectivity index (χ4n) is 4.54. The molecule has 2 aromatic carbocycles. The molecule has 1 amide bonds. The molecule has 0 atom stereocenters. The predicted molar refractivity (Wildman–Crippen MR) is 121 cm³/mol. The molecule has 0 aliphatic heterocycles. The molecule has 5 nitrogen and oxygen atoms in total. The Morgan fingerprint density at radius 1 is 1.10 bits per heavy atom. The van der Waals surface area contributed by atoms with Crippen LogP contribution in [0, 0.1) is 18.8 Å². The highest BCUT2D eigenvalue weighted by molar-refractivity contribution is 5.88. The molecule has 1 N–H and O–H groups in total. The lowest BCUT2D eigenvalue weighted by Crippen LogP contribution is -2.39. The molecule has 0 saturated heterocycles. The first-order valence-corrected chi connectivity index (χ1v) is 11.0. The van der Waals surface area contributed by atoms with Gasteiger partial charge in [0.15, 0.2) is 5.82 Å². The fraction of sp³-hybridized carbons (Fsp3) is 0.400. The molecule has 0 spiro atoms. The first-order chi connectivity index (χ1) is 14.6. The number of amides is 1. The van der Waals surface area contributed by atoms with Crippen LogP contribution in [0.25, 0.3) is 22.3 Å². The lowest BCUT2D eigenvalue weighted by molar-refractivity contribution is -0.122. The van der Waals surface area contributed by atoms with Crippen LogP contribution in [0.4, 0.5) is 0 Å². The van der Waals surface area contributed by atoms with Crippen molar-refractivity contribution in [2.24, 2.45) is 11.8 Å². The Labute approximate surface area is 177 Å². The number of carbonyl (C=O) groups is 1. The number of hydrogen-bond acceptors (Lipinski definition) is 3. The number of aromatic nitrogens is 2. The summed E-state index contributed by atoms with van der Waals surface area (Å²) in [6.07, 6.45) is 6.36. The topological polar surface area (TPSA) is 64.0 Å². The summed E-state index contributed by atoms with van der Waals surface area (Å²) >= 11 is 0. The van der Waals surface area contributed by atoms with E-state index in [-0.39, 0.29) is 17.4 Å². The lowest BCUT2D eigenvalue weighted by Gasteiger charge is -2.28. The molecule has 0 radical (unpaired) electrons. The van der Waals surface area contributed by atoms with Crippen molar-refractivity contribution in [3.63, 3.8) is 0 Å². The van der Waals surface area contributed by atoms with E-state index < -0.39 is 0 Å². The molecule has 1 heterocycles. The van der Waals surface area contributed by atoms with Crippen molar-refractivity contribution in [2.45, 2.75) is 52.4 Å². The van der Waals surface area contributed by atoms with Gasteiger partial charge in [-0.15, -0.1) is 0 Å². The van der Waals surface area contributed by atoms with E-state index in [1.165, 1.54) is 17.5 Å². The van der Waals surface area contributed by atoms with Gasteiger partial charge >= 0.3 is 0 Å². The van der Waals surface area contributed by atoms with Crippen LogP contribution >= 0.6 is 0 Å². The minimum atomic E-state index is -0.245. The summed E-state index contributed by atoms with van der Waals surface area (Å²) in [4.78, 5) is 31.1. The standard InChI is InChI=1S/C25H29N3O2/c1-3-7-18-12-14-19(15-13-18)24(29)27-28-23(20-9-6-8-17(2)16-20)26-22-11-5-4-10-21(22)25(28)30/h4-6,8-11,16,18-19H,3,7,12-15H2,1-2H3,(H,27,29). The molecule has 1 saturated carbocycles. The van der Waals surface area contributed by atoms with Crippen LogP contribution < -0.4 is 11.0 Å². The molecule has 1 aliphatic rings. The van der Waals surface area contributed by atoms with Gasteiger partial charge in [0, 0.05) is 11.5 Å². The van der Waals surface area contributed by atoms with Gasteiger partial charge in [-0.25, -0.2) is 4.98 Å². The number of nitrogens with one attached hydrogen (secondary N) is 1. The van der Waals surface area contributed by atoms with Crippen molar-refractivity contribution in [3.8, 4) is 11.4 Å². The second kappa shape index (κ2) is 8.82. The van der Waals surface area contributed by atoms with Crippen molar-refractivity contribution in [1.29, 1.82) is 0 Å². The molecule has 4 rings (SSSR count). The van der Waals surface area contributed by atoms with Crippen LogP contribution in [0.15, 0.2) is 53.3 Å². The molecule has 1 fully saturated rings. The van der Waals surface area contributed by atoms with Crippen LogP contribution in [0.2, 0.25) is 0 Å². The zero-order chi connectivity index (χ0) is 21.1. The summed E-state index contributed by atoms with van der Waals surface area (Å²) < 4.78 is 1.34. The number of benzene rings is 2. The fourth-order valence-corrected chi connectivity index (χ4v) is 4.54. The van der Waals surface area contributed by atoms with Crippen LogP contribution in [0.1, 0.15) is 51.0 Å². The number of carbonyl (C=O) groups excluding carboxylic acids is 1. The van der Waals surface area contributed by atoms with Gasteiger partial charge in [-0.2, -0.15) is 4.68 Å². The average molecular weight is 404 g/mol. The van der Waals surface area contributed by atoms with E-state index in [4.69, 9.17) is 4.98 Å². The zero-order valence-corrected chi connectivity index (χ0v) is 17.7. The SMILES string of the molecule is CCCC1CCC(C(=O)Nn2c(-c3cccc(C)c3)nc3ccccc3c2=O)CC1. The van der Waals surface area contributed by atoms with Crippen molar-refractivity contribution in [2.75, 3.05) is 5.43 Å². The molecule has 0 unspecified atom stereocenters. The number of aryl methyl sites for hydroxylation is 1. The second-order valence-electron chi connectivity index (χ2n) is 8.44. The summed E-state index contributed by atoms with van der Waals surface area (Å²) in [7, 11) is 0. The second-order valence-corrected chi connectivity index (χ2v) is 8.44. The maximum absolute atomic E-state index is 13.3. The highest BCUT2D eigenvalue weighted by Crippen LogP contribution is 2.32. The van der Waals surface area contributed by atoms with Crippen LogP contribution in [-0.4, -0.2) is 15.6 Å². The van der Waals surface area contributed by atoms with E-state index in [0.717, 1.165) is 42.7 Å². The average Bonchev–Trinajstić information content (AvgIpc) is 2.76. The van der Waals surface area contributed by atoms with Crippen LogP contribution in [0.5, 0.6) is 0 Å². The van der Waals surface area contributed by atoms with E-state index in [1.54, 1.807) is 6.07 Å². The Morgan fingerprint density at radius 2 is 1.87 bits per heavy atom. The highest BCUT2D eigenvalue weighted by atomic mass is 16.2. The lowest BCUT2D eigenvalue weighted by atomic mass is 9.80. The molecule has 5 heteroatoms. The van der Waals surface area contributed by atoms with Gasteiger partial charge in [-0.05, 0) is 56.7 Å². The highest BCUT2D eigenvalue weighted by Gasteiger charge is 2.27. The van der Waals surface area contributed by atoms with E-state index in [1.807, 2.05) is 49.4 Å². The first-order valence-electron chi connectivity index (χ1n) is 11.0. The van der Waals surface area contributed by atoms with Crippen molar-refractivity contribution >= 4 is 16.8 Å². The van der Waals surface area contributed by atoms with Gasteiger partial charge in [-0.1, -0.05) is 55.7 Å². The number of nitrogens with zero attached hydrogens (tertiary/aromatic N) is 2. The molecule has 3 aromatic rings. The quantitative estimate of drug-likeness (QED) is 0.648. The Hall–Kier alpha value is -2.95. The Morgan fingerprint density at radius 3 is 2.60 bits per heavy atom. The molecule has 1 aromatic heterocycles. The normalized spacial score (nSPS) is 19.0. The number of hydrogen-bond donors (Lipinski definition) is 1. The number of rotatable bonds is 5. The van der Waals surface area contributed by atoms with Crippen molar-refractivity contribution in [3.05, 3.63) is 64.4 Å². The van der Waals surface area contributed by atoms with Gasteiger partial charge in [0.25, 0.3) is 5.56 Å². The zero-order valence-electron chi connectivity index (χ0n) is 17.7. The summed E-state index contributed by atoms with van der Waals surface area (Å²) in [5, 5.41) is 0.501. The number of fused-ring (bicyclic) bond motifs is 1. The third kappa shape index (κ3) is 4.16. The minimum absolute atomic E-state index is 0.0539. The maximum Gasteiger partial charge on any atom is 0.280 e. The van der Waals surface area contributed by atoms with Gasteiger partial charge in [0.1, 0.15) is 0 Å². The van der Waals surface area contributed by atoms with Gasteiger partial charge in [0.2, 0.25) is 5.91 Å². The van der Waals surface area contributed by atoms with Gasteiger partial charge in [0.05, 0.1) is 10.9 Å². The molecule has 30 heavy (non-hydrogen) atoms. The molecular weight excluding hydrogens is 374 g/mol. The number of para-hydroxylation sites is 1. The summed E-state index contributed by atoms with van der Waals surface area (Å²) in [6.45, 7) is 4.21. The molecule has 0 bridgehead atoms. The van der Waals surface area contributed by atoms with E-state index in [0.29, 0.717) is 16.7 Å². The van der Waals surface area contributed by atoms with E-state index >= 15 is 0 Å². The van der Waals surface area contributed by atoms with Gasteiger partial charge < -0.3 is 0 Å². The molecular formula is C25H29N3O2. The third-order valence-corrected chi connectivity index (χ3v) is 6.19. The Balaban J connectivity index is 1.69. The monoisotopic (exact) mass is 403 g/mol. The summed E-state index contributed by atoms with van der Waals surface area (Å²) in [5.74, 6) is 1.06. The van der Waals surface area contributed by atoms with Crippen LogP contribution in [-0.2, 0) is 4.79 Å². The maximum atomic E-state index is 13.3. The Bertz CT molecular complexity index is 1110. The molecule has 156 valence electrons. The third-order valence-electron chi connectivity index (χ3n) is 6.19. The summed E-state index contributed by atoms with van der Waals surface area (Å²) in [6, 6.07) is 15.1. The predicted octanol–water partition coefficient (Wildman–Crippen LogP) is 5.05. The smallest absolute Gasteiger partial charge is 0.273 e. The van der Waals surface area contributed by atoms with Gasteiger partial charge in [-0.3, -0.25) is 15.0 Å².